The van der Waals surface area contributed by atoms with Crippen LogP contribution in [0.2, 0.25) is 0 Å². The topological polar surface area (TPSA) is 65.0 Å². The first-order valence-corrected chi connectivity index (χ1v) is 10.1. The largest absolute Gasteiger partial charge is 0.459 e. The summed E-state index contributed by atoms with van der Waals surface area (Å²) in [7, 11) is 0. The molecule has 0 radical (unpaired) electrons. The maximum Gasteiger partial charge on any atom is 0.333 e. The van der Waals surface area contributed by atoms with E-state index in [0.29, 0.717) is 44.1 Å². The van der Waals surface area contributed by atoms with Gasteiger partial charge in [-0.1, -0.05) is 20.4 Å². The van der Waals surface area contributed by atoms with Crippen LogP contribution in [0.1, 0.15) is 73.1 Å². The van der Waals surface area contributed by atoms with Crippen LogP contribution in [0.15, 0.2) is 12.2 Å². The molecule has 2 fully saturated rings. The van der Waals surface area contributed by atoms with E-state index in [-0.39, 0.29) is 18.6 Å². The highest BCUT2D eigenvalue weighted by Crippen LogP contribution is 2.52. The number of alkyl halides is 2. The second-order valence-electron chi connectivity index (χ2n) is 8.61. The molecule has 1 saturated carbocycles. The minimum Gasteiger partial charge on any atom is -0.459 e. The molecule has 0 spiro atoms. The van der Waals surface area contributed by atoms with Crippen LogP contribution >= 0.6 is 0 Å². The molecule has 0 aromatic rings. The molecule has 28 heavy (non-hydrogen) atoms. The third-order valence-electron chi connectivity index (χ3n) is 6.54. The van der Waals surface area contributed by atoms with Crippen molar-refractivity contribution in [2.24, 2.45) is 5.92 Å². The van der Waals surface area contributed by atoms with Gasteiger partial charge in [0.2, 0.25) is 5.79 Å². The monoisotopic (exact) mass is 404 g/mol. The predicted molar refractivity (Wildman–Crippen MR) is 101 cm³/mol. The summed E-state index contributed by atoms with van der Waals surface area (Å²) >= 11 is 0. The number of rotatable bonds is 7. The Morgan fingerprint density at radius 2 is 1.75 bits per heavy atom. The zero-order chi connectivity index (χ0) is 21.4. The highest BCUT2D eigenvalue weighted by atomic mass is 19.3. The zero-order valence-corrected chi connectivity index (χ0v) is 17.6. The normalized spacial score (nSPS) is 35.6. The molecule has 1 saturated heterocycles. The maximum absolute atomic E-state index is 14.9. The van der Waals surface area contributed by atoms with E-state index in [4.69, 9.17) is 14.2 Å². The average Bonchev–Trinajstić information content (AvgIpc) is 2.80. The van der Waals surface area contributed by atoms with Crippen LogP contribution in [0, 0.1) is 5.92 Å². The van der Waals surface area contributed by atoms with Gasteiger partial charge < -0.3 is 19.3 Å². The van der Waals surface area contributed by atoms with E-state index in [2.05, 4.69) is 6.58 Å². The number of carbonyl (C=O) groups excluding carboxylic acids is 1. The Hall–Kier alpha value is -1.05. The number of aliphatic hydroxyl groups is 1. The summed E-state index contributed by atoms with van der Waals surface area (Å²) in [5.74, 6) is -6.43. The molecule has 1 heterocycles. The summed E-state index contributed by atoms with van der Waals surface area (Å²) in [6.45, 7) is 11.0. The Balaban J connectivity index is 2.13. The zero-order valence-electron chi connectivity index (χ0n) is 17.6. The first-order chi connectivity index (χ1) is 12.8. The minimum atomic E-state index is -3.54. The minimum absolute atomic E-state index is 0.0560. The fraction of sp³-hybridized carbons (Fsp3) is 0.857. The molecule has 1 aliphatic carbocycles. The van der Waals surface area contributed by atoms with Crippen molar-refractivity contribution in [2.75, 3.05) is 6.61 Å². The lowest BCUT2D eigenvalue weighted by atomic mass is 9.72. The van der Waals surface area contributed by atoms with Crippen molar-refractivity contribution in [2.45, 2.75) is 102 Å². The van der Waals surface area contributed by atoms with Gasteiger partial charge in [0.15, 0.2) is 5.60 Å². The Labute approximate surface area is 166 Å². The molecule has 1 N–H and O–H groups in total. The average molecular weight is 404 g/mol. The highest BCUT2D eigenvalue weighted by molar-refractivity contribution is 5.87. The van der Waals surface area contributed by atoms with Crippen molar-refractivity contribution in [3.05, 3.63) is 12.2 Å². The van der Waals surface area contributed by atoms with Gasteiger partial charge in [-0.3, -0.25) is 0 Å². The summed E-state index contributed by atoms with van der Waals surface area (Å²) in [4.78, 5) is 11.7. The van der Waals surface area contributed by atoms with Crippen LogP contribution in [-0.2, 0) is 19.0 Å². The van der Waals surface area contributed by atoms with Crippen molar-refractivity contribution in [1.29, 1.82) is 0 Å². The number of esters is 1. The van der Waals surface area contributed by atoms with Crippen molar-refractivity contribution >= 4 is 5.97 Å². The van der Waals surface area contributed by atoms with E-state index in [1.807, 2.05) is 13.8 Å². The van der Waals surface area contributed by atoms with Crippen LogP contribution in [0.3, 0.4) is 0 Å². The van der Waals surface area contributed by atoms with Crippen LogP contribution in [-0.4, -0.2) is 46.7 Å². The lowest BCUT2D eigenvalue weighted by Crippen LogP contribution is -2.59. The molecule has 0 aromatic heterocycles. The van der Waals surface area contributed by atoms with Crippen LogP contribution in [0.4, 0.5) is 8.78 Å². The fourth-order valence-corrected chi connectivity index (χ4v) is 4.51. The second kappa shape index (κ2) is 8.00. The summed E-state index contributed by atoms with van der Waals surface area (Å²) in [5.41, 5.74) is -2.30. The molecule has 2 rings (SSSR count). The molecule has 5 nitrogen and oxygen atoms in total. The second-order valence-corrected chi connectivity index (χ2v) is 8.61. The number of hydrogen-bond donors (Lipinski definition) is 1. The molecule has 2 unspecified atom stereocenters. The molecular formula is C21H34F2O5. The van der Waals surface area contributed by atoms with E-state index in [1.165, 1.54) is 6.92 Å². The lowest BCUT2D eigenvalue weighted by Gasteiger charge is -2.48. The molecule has 2 aliphatic rings. The van der Waals surface area contributed by atoms with Crippen molar-refractivity contribution in [1.82, 2.24) is 0 Å². The summed E-state index contributed by atoms with van der Waals surface area (Å²) < 4.78 is 46.3. The molecule has 7 heteroatoms. The van der Waals surface area contributed by atoms with Crippen LogP contribution < -0.4 is 0 Å². The number of hydrogen-bond acceptors (Lipinski definition) is 5. The number of carbonyl (C=O) groups is 1. The van der Waals surface area contributed by atoms with Gasteiger partial charge >= 0.3 is 11.9 Å². The Morgan fingerprint density at radius 3 is 2.14 bits per heavy atom. The maximum atomic E-state index is 14.9. The van der Waals surface area contributed by atoms with E-state index >= 15 is 0 Å². The van der Waals surface area contributed by atoms with Gasteiger partial charge in [-0.15, -0.1) is 0 Å². The van der Waals surface area contributed by atoms with Crippen LogP contribution in [0.5, 0.6) is 0 Å². The van der Waals surface area contributed by atoms with E-state index in [1.54, 1.807) is 6.92 Å². The quantitative estimate of drug-likeness (QED) is 0.504. The molecule has 0 bridgehead atoms. The van der Waals surface area contributed by atoms with Crippen LogP contribution in [0.25, 0.3) is 0 Å². The molecule has 0 amide bonds. The lowest BCUT2D eigenvalue weighted by molar-refractivity contribution is -0.306. The molecule has 2 atom stereocenters. The van der Waals surface area contributed by atoms with Crippen molar-refractivity contribution < 1.29 is 32.9 Å². The third kappa shape index (κ3) is 3.98. The van der Waals surface area contributed by atoms with Gasteiger partial charge in [0.25, 0.3) is 0 Å². The first kappa shape index (κ1) is 23.2. The summed E-state index contributed by atoms with van der Waals surface area (Å²) in [5, 5.41) is 9.97. The molecule has 1 aliphatic heterocycles. The van der Waals surface area contributed by atoms with Gasteiger partial charge in [-0.05, 0) is 65.2 Å². The number of halogens is 2. The Kier molecular flexibility index (Phi) is 6.63. The number of ether oxygens (including phenoxy) is 3. The SMILES string of the molecule is C=C(C)C(=O)OC1CCC(C(CC)(CC)OC2(C)COC(C)(O)C2(F)F)CC1. The molecule has 162 valence electrons. The molecule has 0 aromatic carbocycles. The van der Waals surface area contributed by atoms with Gasteiger partial charge in [0, 0.05) is 5.57 Å². The molecular weight excluding hydrogens is 370 g/mol. The summed E-state index contributed by atoms with van der Waals surface area (Å²) in [6.07, 6.45) is 3.71. The smallest absolute Gasteiger partial charge is 0.333 e. The van der Waals surface area contributed by atoms with Gasteiger partial charge in [-0.25, -0.2) is 4.79 Å². The van der Waals surface area contributed by atoms with Gasteiger partial charge in [-0.2, -0.15) is 8.78 Å². The summed E-state index contributed by atoms with van der Waals surface area (Å²) in [6, 6.07) is 0. The van der Waals surface area contributed by atoms with Gasteiger partial charge in [0.05, 0.1) is 12.2 Å². The van der Waals surface area contributed by atoms with E-state index < -0.39 is 28.9 Å². The predicted octanol–water partition coefficient (Wildman–Crippen LogP) is 4.37. The Morgan fingerprint density at radius 1 is 1.21 bits per heavy atom. The third-order valence-corrected chi connectivity index (χ3v) is 6.54. The van der Waals surface area contributed by atoms with Crippen molar-refractivity contribution in [3.8, 4) is 0 Å². The van der Waals surface area contributed by atoms with Gasteiger partial charge in [0.1, 0.15) is 6.10 Å². The first-order valence-electron chi connectivity index (χ1n) is 10.1. The highest BCUT2D eigenvalue weighted by Gasteiger charge is 2.71. The Bertz CT molecular complexity index is 592. The van der Waals surface area contributed by atoms with E-state index in [9.17, 15) is 18.7 Å². The van der Waals surface area contributed by atoms with E-state index in [0.717, 1.165) is 6.92 Å². The van der Waals surface area contributed by atoms with Crippen molar-refractivity contribution in [3.63, 3.8) is 0 Å². The fourth-order valence-electron chi connectivity index (χ4n) is 4.51. The standard InChI is InChI=1S/C21H34F2O5/c1-7-20(8-2,28-18(5)13-26-19(6,25)21(18,22)23)15-9-11-16(12-10-15)27-17(24)14(3)4/h15-16,25H,3,7-13H2,1-2,4-6H3.